The molecule has 0 spiro atoms. The maximum absolute atomic E-state index is 10.9. The van der Waals surface area contributed by atoms with E-state index in [9.17, 15) is 10.1 Å². The van der Waals surface area contributed by atoms with Crippen molar-refractivity contribution in [1.82, 2.24) is 29.4 Å². The van der Waals surface area contributed by atoms with Crippen LogP contribution in [0.3, 0.4) is 0 Å². The summed E-state index contributed by atoms with van der Waals surface area (Å²) in [6, 6.07) is 3.26. The summed E-state index contributed by atoms with van der Waals surface area (Å²) < 4.78 is 2.84. The molecule has 0 unspecified atom stereocenters. The fraction of sp³-hybridized carbons (Fsp3) is 0.200. The highest BCUT2D eigenvalue weighted by Crippen LogP contribution is 2.22. The Morgan fingerprint density at radius 1 is 1.35 bits per heavy atom. The number of imidazole rings is 1. The van der Waals surface area contributed by atoms with E-state index in [1.807, 2.05) is 0 Å². The number of hydrogen-bond donors (Lipinski definition) is 1. The zero-order valence-electron chi connectivity index (χ0n) is 10.5. The second-order valence-corrected chi connectivity index (χ2v) is 3.99. The van der Waals surface area contributed by atoms with Crippen molar-refractivity contribution < 1.29 is 4.92 Å². The summed E-state index contributed by atoms with van der Waals surface area (Å²) in [5.74, 6) is 0.817. The lowest BCUT2D eigenvalue weighted by Crippen LogP contribution is -2.06. The molecule has 0 aliphatic carbocycles. The standard InChI is InChI=1S/C10H10N8O2/c1-2-16-8(18(19)20)5-12-9(16)10-14-13-7-4-3-6(11)15-17(7)10/h3-5H,2H2,1H3,(H2,11,15). The third kappa shape index (κ3) is 1.66. The van der Waals surface area contributed by atoms with Crippen LogP contribution < -0.4 is 5.73 Å². The van der Waals surface area contributed by atoms with Gasteiger partial charge in [0.05, 0.1) is 6.54 Å². The van der Waals surface area contributed by atoms with Crippen LogP contribution in [0.15, 0.2) is 18.3 Å². The van der Waals surface area contributed by atoms with E-state index < -0.39 is 4.92 Å². The normalized spacial score (nSPS) is 11.1. The van der Waals surface area contributed by atoms with Crippen LogP contribution in [0, 0.1) is 10.1 Å². The highest BCUT2D eigenvalue weighted by atomic mass is 16.6. The summed E-state index contributed by atoms with van der Waals surface area (Å²) in [7, 11) is 0. The van der Waals surface area contributed by atoms with Crippen LogP contribution in [0.25, 0.3) is 17.3 Å². The van der Waals surface area contributed by atoms with Gasteiger partial charge < -0.3 is 15.8 Å². The molecule has 0 bridgehead atoms. The first-order valence-electron chi connectivity index (χ1n) is 5.80. The average molecular weight is 274 g/mol. The van der Waals surface area contributed by atoms with Crippen molar-refractivity contribution in [1.29, 1.82) is 0 Å². The molecule has 3 aromatic heterocycles. The van der Waals surface area contributed by atoms with E-state index in [-0.39, 0.29) is 5.82 Å². The van der Waals surface area contributed by atoms with Crippen molar-refractivity contribution in [3.8, 4) is 11.6 Å². The lowest BCUT2D eigenvalue weighted by molar-refractivity contribution is -0.392. The Morgan fingerprint density at radius 2 is 2.15 bits per heavy atom. The minimum atomic E-state index is -0.495. The van der Waals surface area contributed by atoms with Crippen LogP contribution in [0.5, 0.6) is 0 Å². The first-order chi connectivity index (χ1) is 9.61. The van der Waals surface area contributed by atoms with Crippen LogP contribution in [0.1, 0.15) is 6.92 Å². The van der Waals surface area contributed by atoms with Gasteiger partial charge in [0.1, 0.15) is 12.0 Å². The molecule has 20 heavy (non-hydrogen) atoms. The second-order valence-electron chi connectivity index (χ2n) is 3.99. The number of aromatic nitrogens is 6. The SMILES string of the molecule is CCn1c([N+](=O)[O-])cnc1-c1nnc2ccc(N)nn12. The van der Waals surface area contributed by atoms with Crippen molar-refractivity contribution in [3.05, 3.63) is 28.4 Å². The first kappa shape index (κ1) is 12.0. The predicted octanol–water partition coefficient (Wildman–Crippen LogP) is 0.498. The van der Waals surface area contributed by atoms with Gasteiger partial charge in [0.2, 0.25) is 5.82 Å². The third-order valence-corrected chi connectivity index (χ3v) is 2.82. The van der Waals surface area contributed by atoms with Crippen molar-refractivity contribution in [3.63, 3.8) is 0 Å². The molecule has 0 aliphatic heterocycles. The maximum Gasteiger partial charge on any atom is 0.343 e. The number of nitrogens with two attached hydrogens (primary N) is 1. The summed E-state index contributed by atoms with van der Waals surface area (Å²) in [6.07, 6.45) is 1.19. The largest absolute Gasteiger partial charge is 0.382 e. The van der Waals surface area contributed by atoms with E-state index in [1.165, 1.54) is 15.3 Å². The Balaban J connectivity index is 2.26. The lowest BCUT2D eigenvalue weighted by Gasteiger charge is -2.00. The average Bonchev–Trinajstić information content (AvgIpc) is 3.00. The van der Waals surface area contributed by atoms with Gasteiger partial charge in [0.15, 0.2) is 5.65 Å². The zero-order chi connectivity index (χ0) is 14.3. The molecular weight excluding hydrogens is 264 g/mol. The molecule has 10 nitrogen and oxygen atoms in total. The molecule has 2 N–H and O–H groups in total. The molecule has 3 rings (SSSR count). The van der Waals surface area contributed by atoms with Gasteiger partial charge >= 0.3 is 5.82 Å². The zero-order valence-corrected chi connectivity index (χ0v) is 10.5. The van der Waals surface area contributed by atoms with E-state index in [4.69, 9.17) is 5.73 Å². The molecule has 3 aromatic rings. The van der Waals surface area contributed by atoms with E-state index in [0.29, 0.717) is 29.7 Å². The molecule has 0 atom stereocenters. The van der Waals surface area contributed by atoms with Crippen molar-refractivity contribution in [2.24, 2.45) is 0 Å². The molecule has 3 heterocycles. The summed E-state index contributed by atoms with van der Waals surface area (Å²) >= 11 is 0. The summed E-state index contributed by atoms with van der Waals surface area (Å²) in [5, 5.41) is 22.9. The van der Waals surface area contributed by atoms with Gasteiger partial charge in [-0.1, -0.05) is 0 Å². The minimum Gasteiger partial charge on any atom is -0.382 e. The smallest absolute Gasteiger partial charge is 0.343 e. The number of hydrogen-bond acceptors (Lipinski definition) is 7. The molecule has 0 fully saturated rings. The Morgan fingerprint density at radius 3 is 2.85 bits per heavy atom. The minimum absolute atomic E-state index is 0.108. The van der Waals surface area contributed by atoms with Gasteiger partial charge in [-0.05, 0) is 24.0 Å². The second kappa shape index (κ2) is 4.26. The molecular formula is C10H10N8O2. The van der Waals surface area contributed by atoms with Crippen LogP contribution in [-0.2, 0) is 6.54 Å². The van der Waals surface area contributed by atoms with Crippen molar-refractivity contribution in [2.45, 2.75) is 13.5 Å². The van der Waals surface area contributed by atoms with E-state index in [0.717, 1.165) is 0 Å². The fourth-order valence-electron chi connectivity index (χ4n) is 1.95. The van der Waals surface area contributed by atoms with Gasteiger partial charge in [0.25, 0.3) is 5.82 Å². The molecule has 10 heteroatoms. The highest BCUT2D eigenvalue weighted by molar-refractivity contribution is 5.54. The van der Waals surface area contributed by atoms with E-state index in [1.54, 1.807) is 19.1 Å². The van der Waals surface area contributed by atoms with E-state index >= 15 is 0 Å². The molecule has 0 amide bonds. The molecule has 0 aliphatic rings. The number of fused-ring (bicyclic) bond motifs is 1. The summed E-state index contributed by atoms with van der Waals surface area (Å²) in [6.45, 7) is 2.16. The van der Waals surface area contributed by atoms with E-state index in [2.05, 4.69) is 20.3 Å². The van der Waals surface area contributed by atoms with Crippen LogP contribution in [-0.4, -0.2) is 34.3 Å². The number of rotatable bonds is 3. The molecule has 0 saturated carbocycles. The lowest BCUT2D eigenvalue weighted by atomic mass is 10.5. The highest BCUT2D eigenvalue weighted by Gasteiger charge is 2.24. The van der Waals surface area contributed by atoms with Crippen LogP contribution in [0.4, 0.5) is 11.6 Å². The molecule has 102 valence electrons. The van der Waals surface area contributed by atoms with Gasteiger partial charge in [-0.15, -0.1) is 15.3 Å². The number of nitrogen functional groups attached to an aromatic ring is 1. The quantitative estimate of drug-likeness (QED) is 0.543. The maximum atomic E-state index is 10.9. The van der Waals surface area contributed by atoms with Gasteiger partial charge in [-0.2, -0.15) is 4.52 Å². The van der Waals surface area contributed by atoms with Gasteiger partial charge in [-0.3, -0.25) is 0 Å². The van der Waals surface area contributed by atoms with Gasteiger partial charge in [0, 0.05) is 0 Å². The Labute approximate surface area is 112 Å². The van der Waals surface area contributed by atoms with Gasteiger partial charge in [-0.25, -0.2) is 9.55 Å². The predicted molar refractivity (Wildman–Crippen MR) is 68.7 cm³/mol. The number of nitro groups is 1. The molecule has 0 aromatic carbocycles. The first-order valence-corrected chi connectivity index (χ1v) is 5.80. The Hall–Kier alpha value is -3.04. The molecule has 0 radical (unpaired) electrons. The molecule has 0 saturated heterocycles. The number of nitrogens with zero attached hydrogens (tertiary/aromatic N) is 7. The topological polar surface area (TPSA) is 130 Å². The van der Waals surface area contributed by atoms with Crippen molar-refractivity contribution in [2.75, 3.05) is 5.73 Å². The van der Waals surface area contributed by atoms with Crippen LogP contribution in [0.2, 0.25) is 0 Å². The van der Waals surface area contributed by atoms with Crippen molar-refractivity contribution >= 4 is 17.3 Å². The fourth-order valence-corrected chi connectivity index (χ4v) is 1.95. The monoisotopic (exact) mass is 274 g/mol. The summed E-state index contributed by atoms with van der Waals surface area (Å²) in [5.41, 5.74) is 6.12. The Bertz CT molecular complexity index is 805. The third-order valence-electron chi connectivity index (χ3n) is 2.82. The van der Waals surface area contributed by atoms with Crippen LogP contribution >= 0.6 is 0 Å². The summed E-state index contributed by atoms with van der Waals surface area (Å²) in [4.78, 5) is 14.5. The Kier molecular flexibility index (Phi) is 2.56. The number of anilines is 1.